The van der Waals surface area contributed by atoms with Crippen LogP contribution in [0.2, 0.25) is 0 Å². The van der Waals surface area contributed by atoms with Crippen LogP contribution in [0.3, 0.4) is 0 Å². The van der Waals surface area contributed by atoms with Crippen molar-refractivity contribution in [2.24, 2.45) is 0 Å². The first-order chi connectivity index (χ1) is 14.0. The Hall–Kier alpha value is -2.77. The molecule has 0 bridgehead atoms. The van der Waals surface area contributed by atoms with Crippen LogP contribution in [0, 0.1) is 0 Å². The zero-order valence-electron chi connectivity index (χ0n) is 15.9. The maximum Gasteiger partial charge on any atom is 0.387 e. The summed E-state index contributed by atoms with van der Waals surface area (Å²) < 4.78 is 28.8. The van der Waals surface area contributed by atoms with Gasteiger partial charge in [0.25, 0.3) is 0 Å². The van der Waals surface area contributed by atoms with E-state index in [1.165, 1.54) is 12.1 Å². The largest absolute Gasteiger partial charge is 0.435 e. The van der Waals surface area contributed by atoms with Crippen molar-refractivity contribution in [2.75, 3.05) is 13.6 Å². The van der Waals surface area contributed by atoms with Gasteiger partial charge < -0.3 is 10.1 Å². The van der Waals surface area contributed by atoms with Crippen molar-refractivity contribution in [3.63, 3.8) is 0 Å². The second-order valence-corrected chi connectivity index (χ2v) is 7.60. The number of ether oxygens (including phenoxy) is 1. The standard InChI is InChI=1S/C22H22F2N2O2S/c1-26(14-16-9-11-18(12-10-16)28-22(23)24)15-20(27)25-21(19-8-5-13-29-19)17-6-3-2-4-7-17/h2-13,21-22H,14-15H2,1H3,(H,25,27)/t21-/m0/s1. The van der Waals surface area contributed by atoms with Crippen molar-refractivity contribution in [3.05, 3.63) is 88.1 Å². The molecule has 1 N–H and O–H groups in total. The Labute approximate surface area is 172 Å². The van der Waals surface area contributed by atoms with E-state index >= 15 is 0 Å². The van der Waals surface area contributed by atoms with Gasteiger partial charge in [-0.25, -0.2) is 0 Å². The van der Waals surface area contributed by atoms with Gasteiger partial charge >= 0.3 is 6.61 Å². The second-order valence-electron chi connectivity index (χ2n) is 6.62. The fourth-order valence-electron chi connectivity index (χ4n) is 3.02. The van der Waals surface area contributed by atoms with Gasteiger partial charge in [0.1, 0.15) is 5.75 Å². The number of benzene rings is 2. The molecule has 1 amide bonds. The SMILES string of the molecule is CN(CC(=O)N[C@@H](c1ccccc1)c1cccs1)Cc1ccc(OC(F)F)cc1. The monoisotopic (exact) mass is 416 g/mol. The molecular weight excluding hydrogens is 394 g/mol. The molecule has 1 aromatic heterocycles. The van der Waals surface area contributed by atoms with E-state index in [9.17, 15) is 13.6 Å². The molecule has 4 nitrogen and oxygen atoms in total. The molecule has 2 aromatic carbocycles. The average Bonchev–Trinajstić information content (AvgIpc) is 3.22. The van der Waals surface area contributed by atoms with Gasteiger partial charge in [0, 0.05) is 11.4 Å². The van der Waals surface area contributed by atoms with E-state index in [0.29, 0.717) is 6.54 Å². The van der Waals surface area contributed by atoms with Crippen LogP contribution in [0.5, 0.6) is 5.75 Å². The predicted molar refractivity (Wildman–Crippen MR) is 110 cm³/mol. The van der Waals surface area contributed by atoms with E-state index < -0.39 is 6.61 Å². The third-order valence-corrected chi connectivity index (χ3v) is 5.22. The van der Waals surface area contributed by atoms with Gasteiger partial charge in [0.15, 0.2) is 0 Å². The minimum atomic E-state index is -2.84. The number of alkyl halides is 2. The third kappa shape index (κ3) is 6.37. The van der Waals surface area contributed by atoms with Gasteiger partial charge in [-0.1, -0.05) is 48.5 Å². The highest BCUT2D eigenvalue weighted by molar-refractivity contribution is 7.10. The summed E-state index contributed by atoms with van der Waals surface area (Å²) in [6, 6.07) is 20.1. The van der Waals surface area contributed by atoms with Crippen molar-refractivity contribution < 1.29 is 18.3 Å². The number of hydrogen-bond donors (Lipinski definition) is 1. The van der Waals surface area contributed by atoms with E-state index in [1.807, 2.05) is 59.8 Å². The van der Waals surface area contributed by atoms with Gasteiger partial charge in [-0.15, -0.1) is 11.3 Å². The van der Waals surface area contributed by atoms with E-state index in [1.54, 1.807) is 23.5 Å². The number of halogens is 2. The summed E-state index contributed by atoms with van der Waals surface area (Å²) in [6.07, 6.45) is 0. The van der Waals surface area contributed by atoms with Crippen LogP contribution in [0.25, 0.3) is 0 Å². The molecule has 152 valence electrons. The maximum absolute atomic E-state index is 12.6. The number of nitrogens with one attached hydrogen (secondary N) is 1. The minimum Gasteiger partial charge on any atom is -0.435 e. The van der Waals surface area contributed by atoms with Crippen LogP contribution in [-0.4, -0.2) is 31.0 Å². The molecule has 0 aliphatic rings. The normalized spacial score (nSPS) is 12.2. The van der Waals surface area contributed by atoms with Gasteiger partial charge in [0.2, 0.25) is 5.91 Å². The van der Waals surface area contributed by atoms with Crippen molar-refractivity contribution in [1.29, 1.82) is 0 Å². The van der Waals surface area contributed by atoms with E-state index in [-0.39, 0.29) is 24.2 Å². The number of rotatable bonds is 9. The number of hydrogen-bond acceptors (Lipinski definition) is 4. The number of amides is 1. The molecule has 3 aromatic rings. The predicted octanol–water partition coefficient (Wildman–Crippen LogP) is 4.69. The van der Waals surface area contributed by atoms with E-state index in [4.69, 9.17) is 0 Å². The Kier molecular flexibility index (Phi) is 7.32. The molecule has 1 heterocycles. The van der Waals surface area contributed by atoms with Crippen molar-refractivity contribution in [2.45, 2.75) is 19.2 Å². The third-order valence-electron chi connectivity index (χ3n) is 4.28. The summed E-state index contributed by atoms with van der Waals surface area (Å²) in [5.74, 6) is 0.0261. The molecule has 0 saturated carbocycles. The lowest BCUT2D eigenvalue weighted by Crippen LogP contribution is -2.37. The first-order valence-corrected chi connectivity index (χ1v) is 9.99. The number of carbonyl (C=O) groups is 1. The van der Waals surface area contributed by atoms with Crippen molar-refractivity contribution in [1.82, 2.24) is 10.2 Å². The highest BCUT2D eigenvalue weighted by Crippen LogP contribution is 2.25. The Balaban J connectivity index is 1.58. The topological polar surface area (TPSA) is 41.6 Å². The van der Waals surface area contributed by atoms with Crippen LogP contribution in [0.1, 0.15) is 22.0 Å². The Morgan fingerprint density at radius 3 is 2.41 bits per heavy atom. The molecule has 29 heavy (non-hydrogen) atoms. The molecule has 1 atom stereocenters. The lowest BCUT2D eigenvalue weighted by atomic mass is 10.1. The summed E-state index contributed by atoms with van der Waals surface area (Å²) >= 11 is 1.60. The minimum absolute atomic E-state index is 0.0904. The van der Waals surface area contributed by atoms with Gasteiger partial charge in [-0.2, -0.15) is 8.78 Å². The van der Waals surface area contributed by atoms with Gasteiger partial charge in [-0.3, -0.25) is 9.69 Å². The fourth-order valence-corrected chi connectivity index (χ4v) is 3.82. The zero-order valence-corrected chi connectivity index (χ0v) is 16.7. The Morgan fingerprint density at radius 2 is 1.79 bits per heavy atom. The average molecular weight is 416 g/mol. The number of nitrogens with zero attached hydrogens (tertiary/aromatic N) is 1. The van der Waals surface area contributed by atoms with E-state index in [0.717, 1.165) is 16.0 Å². The number of likely N-dealkylation sites (N-methyl/N-ethyl adjacent to an activating group) is 1. The van der Waals surface area contributed by atoms with Crippen molar-refractivity contribution in [3.8, 4) is 5.75 Å². The molecular formula is C22H22F2N2O2S. The smallest absolute Gasteiger partial charge is 0.387 e. The maximum atomic E-state index is 12.6. The quantitative estimate of drug-likeness (QED) is 0.550. The molecule has 3 rings (SSSR count). The zero-order chi connectivity index (χ0) is 20.6. The van der Waals surface area contributed by atoms with Crippen LogP contribution >= 0.6 is 11.3 Å². The lowest BCUT2D eigenvalue weighted by molar-refractivity contribution is -0.122. The van der Waals surface area contributed by atoms with Crippen LogP contribution in [0.15, 0.2) is 72.1 Å². The number of thiophene rings is 1. The Bertz CT molecular complexity index is 887. The first-order valence-electron chi connectivity index (χ1n) is 9.11. The Morgan fingerprint density at radius 1 is 1.07 bits per heavy atom. The molecule has 0 spiro atoms. The lowest BCUT2D eigenvalue weighted by Gasteiger charge is -2.21. The first kappa shape index (κ1) is 21.0. The van der Waals surface area contributed by atoms with Crippen LogP contribution in [-0.2, 0) is 11.3 Å². The highest BCUT2D eigenvalue weighted by atomic mass is 32.1. The second kappa shape index (κ2) is 10.1. The molecule has 0 aliphatic heterocycles. The van der Waals surface area contributed by atoms with Crippen LogP contribution < -0.4 is 10.1 Å². The van der Waals surface area contributed by atoms with Crippen molar-refractivity contribution >= 4 is 17.2 Å². The summed E-state index contributed by atoms with van der Waals surface area (Å²) in [4.78, 5) is 15.6. The summed E-state index contributed by atoms with van der Waals surface area (Å²) in [6.45, 7) is -2.12. The summed E-state index contributed by atoms with van der Waals surface area (Å²) in [5, 5.41) is 5.10. The molecule has 0 radical (unpaired) electrons. The fraction of sp³-hybridized carbons (Fsp3) is 0.227. The van der Waals surface area contributed by atoms with Gasteiger partial charge in [0.05, 0.1) is 12.6 Å². The van der Waals surface area contributed by atoms with Crippen LogP contribution in [0.4, 0.5) is 8.78 Å². The molecule has 0 aliphatic carbocycles. The molecule has 0 saturated heterocycles. The summed E-state index contributed by atoms with van der Waals surface area (Å²) in [7, 11) is 1.84. The summed E-state index contributed by atoms with van der Waals surface area (Å²) in [5.41, 5.74) is 1.93. The molecule has 0 unspecified atom stereocenters. The highest BCUT2D eigenvalue weighted by Gasteiger charge is 2.18. The number of carbonyl (C=O) groups excluding carboxylic acids is 1. The molecule has 0 fully saturated rings. The van der Waals surface area contributed by atoms with E-state index in [2.05, 4.69) is 10.1 Å². The molecule has 7 heteroatoms. The van der Waals surface area contributed by atoms with Gasteiger partial charge in [-0.05, 0) is 41.8 Å².